The third-order valence-corrected chi connectivity index (χ3v) is 4.36. The van der Waals surface area contributed by atoms with Gasteiger partial charge in [0.1, 0.15) is 11.6 Å². The molecule has 3 rings (SSSR count). The fourth-order valence-corrected chi connectivity index (χ4v) is 2.98. The second-order valence-electron chi connectivity index (χ2n) is 5.39. The molecule has 0 aliphatic heterocycles. The van der Waals surface area contributed by atoms with E-state index in [1.807, 2.05) is 32.0 Å². The smallest absolute Gasteiger partial charge is 0.277 e. The molecule has 4 nitrogen and oxygen atoms in total. The van der Waals surface area contributed by atoms with Crippen LogP contribution in [0.25, 0.3) is 0 Å². The first-order chi connectivity index (χ1) is 11.6. The van der Waals surface area contributed by atoms with Crippen LogP contribution in [0.5, 0.6) is 5.75 Å². The van der Waals surface area contributed by atoms with Crippen molar-refractivity contribution in [2.24, 2.45) is 0 Å². The van der Waals surface area contributed by atoms with Crippen LogP contribution in [-0.2, 0) is 12.4 Å². The minimum Gasteiger partial charge on any atom is -0.483 e. The van der Waals surface area contributed by atoms with Gasteiger partial charge < -0.3 is 9.15 Å². The van der Waals surface area contributed by atoms with Gasteiger partial charge in [0, 0.05) is 5.75 Å². The quantitative estimate of drug-likeness (QED) is 0.607. The van der Waals surface area contributed by atoms with E-state index in [0.29, 0.717) is 16.9 Å². The minimum atomic E-state index is -0.243. The largest absolute Gasteiger partial charge is 0.483 e. The molecule has 1 aromatic heterocycles. The SMILES string of the molecule is Cc1cccc(C)c1OCc1nnc(SCc2ccc(F)cc2)o1. The minimum absolute atomic E-state index is 0.232. The van der Waals surface area contributed by atoms with E-state index in [0.717, 1.165) is 22.4 Å². The lowest BCUT2D eigenvalue weighted by atomic mass is 10.1. The van der Waals surface area contributed by atoms with Gasteiger partial charge in [0.05, 0.1) is 0 Å². The van der Waals surface area contributed by atoms with Gasteiger partial charge >= 0.3 is 0 Å². The van der Waals surface area contributed by atoms with Crippen LogP contribution in [0.2, 0.25) is 0 Å². The molecule has 1 heterocycles. The Morgan fingerprint density at radius 3 is 2.46 bits per heavy atom. The van der Waals surface area contributed by atoms with Gasteiger partial charge in [0.15, 0.2) is 6.61 Å². The Balaban J connectivity index is 1.56. The first-order valence-corrected chi connectivity index (χ1v) is 8.49. The summed E-state index contributed by atoms with van der Waals surface area (Å²) in [7, 11) is 0. The first kappa shape index (κ1) is 16.5. The van der Waals surface area contributed by atoms with Gasteiger partial charge in [-0.3, -0.25) is 0 Å². The Morgan fingerprint density at radius 2 is 1.75 bits per heavy atom. The number of thioether (sulfide) groups is 1. The highest BCUT2D eigenvalue weighted by atomic mass is 32.2. The molecular weight excluding hydrogens is 327 g/mol. The standard InChI is InChI=1S/C18H17FN2O2S/c1-12-4-3-5-13(2)17(12)22-10-16-20-21-18(23-16)24-11-14-6-8-15(19)9-7-14/h3-9H,10-11H2,1-2H3. The number of aromatic nitrogens is 2. The number of halogens is 1. The predicted molar refractivity (Wildman–Crippen MR) is 90.5 cm³/mol. The Kier molecular flexibility index (Phi) is 5.15. The molecule has 3 aromatic rings. The van der Waals surface area contributed by atoms with Gasteiger partial charge in [0.25, 0.3) is 11.1 Å². The molecule has 6 heteroatoms. The summed E-state index contributed by atoms with van der Waals surface area (Å²) in [5, 5.41) is 8.46. The van der Waals surface area contributed by atoms with Crippen LogP contribution in [-0.4, -0.2) is 10.2 Å². The molecule has 0 atom stereocenters. The highest BCUT2D eigenvalue weighted by molar-refractivity contribution is 7.98. The molecule has 0 unspecified atom stereocenters. The first-order valence-electron chi connectivity index (χ1n) is 7.50. The lowest BCUT2D eigenvalue weighted by molar-refractivity contribution is 0.249. The van der Waals surface area contributed by atoms with E-state index >= 15 is 0 Å². The number of para-hydroxylation sites is 1. The van der Waals surface area contributed by atoms with Crippen LogP contribution < -0.4 is 4.74 Å². The Labute approximate surface area is 144 Å². The summed E-state index contributed by atoms with van der Waals surface area (Å²) in [4.78, 5) is 0. The number of aryl methyl sites for hydroxylation is 2. The van der Waals surface area contributed by atoms with Gasteiger partial charge in [-0.05, 0) is 42.7 Å². The molecule has 124 valence electrons. The fourth-order valence-electron chi connectivity index (χ4n) is 2.24. The van der Waals surface area contributed by atoms with Crippen molar-refractivity contribution in [3.63, 3.8) is 0 Å². The second-order valence-corrected chi connectivity index (χ2v) is 6.31. The summed E-state index contributed by atoms with van der Waals surface area (Å²) < 4.78 is 24.2. The van der Waals surface area contributed by atoms with Crippen molar-refractivity contribution in [1.29, 1.82) is 0 Å². The van der Waals surface area contributed by atoms with Gasteiger partial charge in [-0.1, -0.05) is 42.1 Å². The summed E-state index contributed by atoms with van der Waals surface area (Å²) in [5.41, 5.74) is 3.13. The van der Waals surface area contributed by atoms with E-state index in [-0.39, 0.29) is 12.4 Å². The number of hydrogen-bond acceptors (Lipinski definition) is 5. The van der Waals surface area contributed by atoms with E-state index in [9.17, 15) is 4.39 Å². The Bertz CT molecular complexity index is 798. The number of hydrogen-bond donors (Lipinski definition) is 0. The molecule has 0 saturated heterocycles. The fraction of sp³-hybridized carbons (Fsp3) is 0.222. The number of benzene rings is 2. The molecule has 0 aliphatic carbocycles. The predicted octanol–water partition coefficient (Wildman–Crippen LogP) is 4.70. The van der Waals surface area contributed by atoms with Crippen LogP contribution in [0, 0.1) is 19.7 Å². The maximum atomic E-state index is 12.9. The van der Waals surface area contributed by atoms with Crippen molar-refractivity contribution in [2.45, 2.75) is 31.4 Å². The van der Waals surface area contributed by atoms with E-state index in [2.05, 4.69) is 10.2 Å². The zero-order valence-corrected chi connectivity index (χ0v) is 14.3. The molecular formula is C18H17FN2O2S. The summed E-state index contributed by atoms with van der Waals surface area (Å²) in [6, 6.07) is 12.4. The average Bonchev–Trinajstić information content (AvgIpc) is 3.02. The maximum Gasteiger partial charge on any atom is 0.277 e. The van der Waals surface area contributed by atoms with Crippen LogP contribution >= 0.6 is 11.8 Å². The van der Waals surface area contributed by atoms with Crippen LogP contribution in [0.3, 0.4) is 0 Å². The molecule has 0 fully saturated rings. The van der Waals surface area contributed by atoms with Crippen molar-refractivity contribution in [1.82, 2.24) is 10.2 Å². The molecule has 0 N–H and O–H groups in total. The second kappa shape index (κ2) is 7.49. The third-order valence-electron chi connectivity index (χ3n) is 3.47. The molecule has 0 radical (unpaired) electrons. The molecule has 0 bridgehead atoms. The zero-order chi connectivity index (χ0) is 16.9. The van der Waals surface area contributed by atoms with Gasteiger partial charge in [-0.25, -0.2) is 4.39 Å². The topological polar surface area (TPSA) is 48.2 Å². The molecule has 0 spiro atoms. The lowest BCUT2D eigenvalue weighted by Gasteiger charge is -2.09. The van der Waals surface area contributed by atoms with Gasteiger partial charge in [0.2, 0.25) is 0 Å². The van der Waals surface area contributed by atoms with Crippen molar-refractivity contribution >= 4 is 11.8 Å². The van der Waals surface area contributed by atoms with E-state index in [1.54, 1.807) is 12.1 Å². The van der Waals surface area contributed by atoms with E-state index in [4.69, 9.17) is 9.15 Å². The Morgan fingerprint density at radius 1 is 1.04 bits per heavy atom. The summed E-state index contributed by atoms with van der Waals surface area (Å²) in [6.45, 7) is 4.23. The van der Waals surface area contributed by atoms with E-state index < -0.39 is 0 Å². The molecule has 0 amide bonds. The van der Waals surface area contributed by atoms with Gasteiger partial charge in [-0.2, -0.15) is 0 Å². The Hall–Kier alpha value is -2.34. The van der Waals surface area contributed by atoms with Crippen molar-refractivity contribution in [3.05, 3.63) is 70.9 Å². The molecule has 0 aliphatic rings. The number of nitrogens with zero attached hydrogens (tertiary/aromatic N) is 2. The number of rotatable bonds is 6. The average molecular weight is 344 g/mol. The zero-order valence-electron chi connectivity index (χ0n) is 13.5. The van der Waals surface area contributed by atoms with Crippen LogP contribution in [0.15, 0.2) is 52.1 Å². The summed E-state index contributed by atoms with van der Waals surface area (Å²) in [6.07, 6.45) is 0. The lowest BCUT2D eigenvalue weighted by Crippen LogP contribution is -1.99. The molecule has 2 aromatic carbocycles. The van der Waals surface area contributed by atoms with Crippen LogP contribution in [0.1, 0.15) is 22.6 Å². The van der Waals surface area contributed by atoms with E-state index in [1.165, 1.54) is 23.9 Å². The third kappa shape index (κ3) is 4.14. The van der Waals surface area contributed by atoms with Crippen molar-refractivity contribution < 1.29 is 13.5 Å². The molecule has 0 saturated carbocycles. The normalized spacial score (nSPS) is 10.8. The van der Waals surface area contributed by atoms with Crippen molar-refractivity contribution in [3.8, 4) is 5.75 Å². The van der Waals surface area contributed by atoms with Crippen molar-refractivity contribution in [2.75, 3.05) is 0 Å². The monoisotopic (exact) mass is 344 g/mol. The highest BCUT2D eigenvalue weighted by Crippen LogP contribution is 2.25. The number of ether oxygens (including phenoxy) is 1. The summed E-state index contributed by atoms with van der Waals surface area (Å²) in [5.74, 6) is 1.67. The molecule has 24 heavy (non-hydrogen) atoms. The highest BCUT2D eigenvalue weighted by Gasteiger charge is 2.10. The maximum absolute atomic E-state index is 12.9. The summed E-state index contributed by atoms with van der Waals surface area (Å²) >= 11 is 1.41. The van der Waals surface area contributed by atoms with Crippen LogP contribution in [0.4, 0.5) is 4.39 Å². The van der Waals surface area contributed by atoms with Gasteiger partial charge in [-0.15, -0.1) is 10.2 Å².